The van der Waals surface area contributed by atoms with Crippen molar-refractivity contribution in [3.63, 3.8) is 0 Å². The van der Waals surface area contributed by atoms with Gasteiger partial charge in [0.25, 0.3) is 5.92 Å². The molecule has 1 aliphatic rings. The van der Waals surface area contributed by atoms with Gasteiger partial charge < -0.3 is 14.8 Å². The Morgan fingerprint density at radius 2 is 2.27 bits per heavy atom. The van der Waals surface area contributed by atoms with E-state index in [0.29, 0.717) is 19.0 Å². The van der Waals surface area contributed by atoms with Crippen molar-refractivity contribution in [2.75, 3.05) is 26.9 Å². The average Bonchev–Trinajstić information content (AvgIpc) is 2.86. The van der Waals surface area contributed by atoms with Gasteiger partial charge in [-0.2, -0.15) is 0 Å². The number of halogens is 2. The first-order chi connectivity index (χ1) is 10.5. The van der Waals surface area contributed by atoms with Gasteiger partial charge in [-0.1, -0.05) is 12.1 Å². The number of alkyl halides is 2. The van der Waals surface area contributed by atoms with Crippen molar-refractivity contribution in [1.82, 2.24) is 10.6 Å². The number of amides is 1. The van der Waals surface area contributed by atoms with Crippen molar-refractivity contribution in [3.8, 4) is 5.75 Å². The van der Waals surface area contributed by atoms with E-state index in [-0.39, 0.29) is 6.54 Å². The summed E-state index contributed by atoms with van der Waals surface area (Å²) >= 11 is 0. The minimum Gasteiger partial charge on any atom is -0.491 e. The Bertz CT molecular complexity index is 511. The molecular formula is C15H20F2N2O3. The van der Waals surface area contributed by atoms with Crippen LogP contribution >= 0.6 is 0 Å². The Morgan fingerprint density at radius 3 is 2.95 bits per heavy atom. The Morgan fingerprint density at radius 1 is 1.45 bits per heavy atom. The molecule has 0 saturated carbocycles. The number of benzene rings is 1. The van der Waals surface area contributed by atoms with E-state index in [4.69, 9.17) is 9.47 Å². The lowest BCUT2D eigenvalue weighted by Crippen LogP contribution is -2.40. The molecule has 0 spiro atoms. The number of carbonyl (C=O) groups is 1. The molecule has 1 heterocycles. The van der Waals surface area contributed by atoms with Crippen LogP contribution in [0.3, 0.4) is 0 Å². The molecule has 1 aliphatic heterocycles. The lowest BCUT2D eigenvalue weighted by Gasteiger charge is -2.12. The molecule has 2 N–H and O–H groups in total. The monoisotopic (exact) mass is 314 g/mol. The van der Waals surface area contributed by atoms with Crippen molar-refractivity contribution < 1.29 is 23.0 Å². The zero-order chi connectivity index (χ0) is 16.0. The summed E-state index contributed by atoms with van der Waals surface area (Å²) in [5.74, 6) is -2.55. The lowest BCUT2D eigenvalue weighted by molar-refractivity contribution is -0.123. The molecule has 2 rings (SSSR count). The largest absolute Gasteiger partial charge is 0.491 e. The fraction of sp³-hybridized carbons (Fsp3) is 0.533. The maximum absolute atomic E-state index is 13.0. The first-order valence-corrected chi connectivity index (χ1v) is 7.10. The van der Waals surface area contributed by atoms with Crippen molar-refractivity contribution in [2.45, 2.75) is 24.9 Å². The van der Waals surface area contributed by atoms with Gasteiger partial charge in [-0.15, -0.1) is 0 Å². The summed E-state index contributed by atoms with van der Waals surface area (Å²) in [6.07, 6.45) is -0.459. The van der Waals surface area contributed by atoms with E-state index in [2.05, 4.69) is 10.6 Å². The van der Waals surface area contributed by atoms with Crippen molar-refractivity contribution in [3.05, 3.63) is 29.8 Å². The van der Waals surface area contributed by atoms with Crippen LogP contribution in [0.4, 0.5) is 8.78 Å². The van der Waals surface area contributed by atoms with Crippen molar-refractivity contribution in [1.29, 1.82) is 0 Å². The third-order valence-electron chi connectivity index (χ3n) is 3.35. The summed E-state index contributed by atoms with van der Waals surface area (Å²) in [7, 11) is 1.59. The van der Waals surface area contributed by atoms with Gasteiger partial charge in [0.1, 0.15) is 12.4 Å². The maximum Gasteiger partial charge on any atom is 0.262 e. The number of carbonyl (C=O) groups excluding carboxylic acids is 1. The van der Waals surface area contributed by atoms with Crippen LogP contribution < -0.4 is 15.4 Å². The third kappa shape index (κ3) is 4.92. The number of hydrogen-bond acceptors (Lipinski definition) is 4. The van der Waals surface area contributed by atoms with Crippen LogP contribution in [0.15, 0.2) is 24.3 Å². The smallest absolute Gasteiger partial charge is 0.262 e. The van der Waals surface area contributed by atoms with Crippen molar-refractivity contribution >= 4 is 5.91 Å². The molecule has 1 aromatic rings. The summed E-state index contributed by atoms with van der Waals surface area (Å²) in [6, 6.07) is 6.41. The van der Waals surface area contributed by atoms with Crippen molar-refractivity contribution in [2.24, 2.45) is 0 Å². The Labute approximate surface area is 128 Å². The van der Waals surface area contributed by atoms with Gasteiger partial charge in [0.2, 0.25) is 5.91 Å². The number of hydrogen-bond donors (Lipinski definition) is 2. The molecule has 1 amide bonds. The van der Waals surface area contributed by atoms with E-state index in [1.807, 2.05) is 12.1 Å². The van der Waals surface area contributed by atoms with E-state index in [1.54, 1.807) is 19.2 Å². The molecule has 0 aromatic heterocycles. The Hall–Kier alpha value is -1.73. The normalized spacial score (nSPS) is 19.9. The van der Waals surface area contributed by atoms with E-state index in [1.165, 1.54) is 0 Å². The highest BCUT2D eigenvalue weighted by atomic mass is 19.3. The van der Waals surface area contributed by atoms with Gasteiger partial charge in [-0.3, -0.25) is 10.1 Å². The second-order valence-corrected chi connectivity index (χ2v) is 5.20. The SMILES string of the molecule is COCCOc1cccc(CNC(=O)C2CC(F)(F)CN2)c1. The van der Waals surface area contributed by atoms with E-state index >= 15 is 0 Å². The summed E-state index contributed by atoms with van der Waals surface area (Å²) in [4.78, 5) is 11.8. The highest BCUT2D eigenvalue weighted by molar-refractivity contribution is 5.82. The molecule has 1 unspecified atom stereocenters. The van der Waals surface area contributed by atoms with Crippen LogP contribution in [-0.4, -0.2) is 44.7 Å². The molecule has 1 aromatic carbocycles. The second-order valence-electron chi connectivity index (χ2n) is 5.20. The first kappa shape index (κ1) is 16.6. The van der Waals surface area contributed by atoms with Crippen LogP contribution in [-0.2, 0) is 16.1 Å². The van der Waals surface area contributed by atoms with Crippen LogP contribution in [0, 0.1) is 0 Å². The fourth-order valence-corrected chi connectivity index (χ4v) is 2.20. The Balaban J connectivity index is 1.81. The first-order valence-electron chi connectivity index (χ1n) is 7.10. The van der Waals surface area contributed by atoms with Gasteiger partial charge in [0, 0.05) is 20.1 Å². The predicted molar refractivity (Wildman–Crippen MR) is 77.0 cm³/mol. The third-order valence-corrected chi connectivity index (χ3v) is 3.35. The zero-order valence-corrected chi connectivity index (χ0v) is 12.4. The second kappa shape index (κ2) is 7.51. The average molecular weight is 314 g/mol. The topological polar surface area (TPSA) is 59.6 Å². The van der Waals surface area contributed by atoms with Gasteiger partial charge in [-0.25, -0.2) is 8.78 Å². The van der Waals surface area contributed by atoms with Gasteiger partial charge in [0.15, 0.2) is 0 Å². The molecule has 0 aliphatic carbocycles. The Kier molecular flexibility index (Phi) is 5.68. The number of rotatable bonds is 7. The fourth-order valence-electron chi connectivity index (χ4n) is 2.20. The zero-order valence-electron chi connectivity index (χ0n) is 12.4. The maximum atomic E-state index is 13.0. The molecule has 0 radical (unpaired) electrons. The molecule has 1 fully saturated rings. The van der Waals surface area contributed by atoms with Gasteiger partial charge in [-0.05, 0) is 17.7 Å². The van der Waals surface area contributed by atoms with E-state index < -0.39 is 30.8 Å². The molecule has 5 nitrogen and oxygen atoms in total. The quantitative estimate of drug-likeness (QED) is 0.746. The molecule has 22 heavy (non-hydrogen) atoms. The van der Waals surface area contributed by atoms with E-state index in [0.717, 1.165) is 5.56 Å². The summed E-state index contributed by atoms with van der Waals surface area (Å²) in [5.41, 5.74) is 0.841. The number of nitrogens with one attached hydrogen (secondary N) is 2. The summed E-state index contributed by atoms with van der Waals surface area (Å²) in [6.45, 7) is 0.744. The molecular weight excluding hydrogens is 294 g/mol. The van der Waals surface area contributed by atoms with Crippen LogP contribution in [0.1, 0.15) is 12.0 Å². The minimum absolute atomic E-state index is 0.268. The van der Waals surface area contributed by atoms with E-state index in [9.17, 15) is 13.6 Å². The molecule has 1 saturated heterocycles. The number of ether oxygens (including phenoxy) is 2. The molecule has 1 atom stereocenters. The molecule has 0 bridgehead atoms. The van der Waals surface area contributed by atoms with Crippen LogP contribution in [0.2, 0.25) is 0 Å². The molecule has 7 heteroatoms. The molecule has 122 valence electrons. The van der Waals surface area contributed by atoms with Gasteiger partial charge in [0.05, 0.1) is 19.2 Å². The summed E-state index contributed by atoms with van der Waals surface area (Å²) in [5, 5.41) is 5.19. The lowest BCUT2D eigenvalue weighted by atomic mass is 10.1. The van der Waals surface area contributed by atoms with Crippen LogP contribution in [0.5, 0.6) is 5.75 Å². The minimum atomic E-state index is -2.81. The van der Waals surface area contributed by atoms with Gasteiger partial charge >= 0.3 is 0 Å². The number of methoxy groups -OCH3 is 1. The standard InChI is InChI=1S/C15H20F2N2O3/c1-21-5-6-22-12-4-2-3-11(7-12)9-18-14(20)13-8-15(16,17)10-19-13/h2-4,7,13,19H,5-6,8-10H2,1H3,(H,18,20). The highest BCUT2D eigenvalue weighted by Gasteiger charge is 2.42. The summed E-state index contributed by atoms with van der Waals surface area (Å²) < 4.78 is 36.5. The highest BCUT2D eigenvalue weighted by Crippen LogP contribution is 2.25. The van der Waals surface area contributed by atoms with Crippen LogP contribution in [0.25, 0.3) is 0 Å². The predicted octanol–water partition coefficient (Wildman–Crippen LogP) is 1.33.